The molecule has 0 fully saturated rings. The van der Waals surface area contributed by atoms with Crippen molar-refractivity contribution in [2.45, 2.75) is 6.92 Å². The Kier molecular flexibility index (Phi) is 7.63. The van der Waals surface area contributed by atoms with Gasteiger partial charge in [-0.05, 0) is 60.5 Å². The summed E-state index contributed by atoms with van der Waals surface area (Å²) in [7, 11) is 0. The van der Waals surface area contributed by atoms with Gasteiger partial charge < -0.3 is 15.4 Å². The molecule has 0 bridgehead atoms. The van der Waals surface area contributed by atoms with Gasteiger partial charge in [-0.15, -0.1) is 0 Å². The summed E-state index contributed by atoms with van der Waals surface area (Å²) >= 11 is 6.04. The molecule has 0 aliphatic heterocycles. The lowest BCUT2D eigenvalue weighted by Crippen LogP contribution is -2.20. The van der Waals surface area contributed by atoms with Crippen LogP contribution in [0.4, 0.5) is 11.4 Å². The fourth-order valence-corrected chi connectivity index (χ4v) is 2.98. The highest BCUT2D eigenvalue weighted by Crippen LogP contribution is 2.21. The number of nitrogens with one attached hydrogen (secondary N) is 2. The first-order chi connectivity index (χ1) is 15.4. The van der Waals surface area contributed by atoms with Crippen LogP contribution in [-0.2, 0) is 9.59 Å². The number of hydrogen-bond donors (Lipinski definition) is 2. The molecule has 0 aliphatic rings. The van der Waals surface area contributed by atoms with E-state index in [4.69, 9.17) is 16.3 Å². The summed E-state index contributed by atoms with van der Waals surface area (Å²) < 4.78 is 5.50. The number of anilines is 2. The predicted molar refractivity (Wildman–Crippen MR) is 125 cm³/mol. The molecule has 0 atom stereocenters. The Morgan fingerprint density at radius 1 is 1.03 bits per heavy atom. The average molecular weight is 446 g/mol. The first-order valence-corrected chi connectivity index (χ1v) is 10.1. The van der Waals surface area contributed by atoms with Crippen LogP contribution >= 0.6 is 11.6 Å². The van der Waals surface area contributed by atoms with E-state index < -0.39 is 5.91 Å². The van der Waals surface area contributed by atoms with Crippen molar-refractivity contribution in [2.24, 2.45) is 0 Å². The smallest absolute Gasteiger partial charge is 0.266 e. The second-order valence-corrected chi connectivity index (χ2v) is 7.29. The Morgan fingerprint density at radius 2 is 1.78 bits per heavy atom. The molecule has 0 heterocycles. The average Bonchev–Trinajstić information content (AvgIpc) is 2.78. The van der Waals surface area contributed by atoms with Crippen LogP contribution < -0.4 is 15.4 Å². The number of carbonyl (C=O) groups is 2. The summed E-state index contributed by atoms with van der Waals surface area (Å²) in [6, 6.07) is 22.8. The highest BCUT2D eigenvalue weighted by molar-refractivity contribution is 6.34. The minimum absolute atomic E-state index is 0.0730. The molecule has 160 valence electrons. The van der Waals surface area contributed by atoms with E-state index in [9.17, 15) is 14.9 Å². The van der Waals surface area contributed by atoms with Crippen LogP contribution in [0, 0.1) is 18.3 Å². The number of amides is 2. The Morgan fingerprint density at radius 3 is 2.47 bits per heavy atom. The van der Waals surface area contributed by atoms with Crippen LogP contribution in [0.3, 0.4) is 0 Å². The predicted octanol–water partition coefficient (Wildman–Crippen LogP) is 5.21. The molecule has 3 aromatic rings. The van der Waals surface area contributed by atoms with Gasteiger partial charge in [-0.1, -0.05) is 48.0 Å². The molecule has 0 radical (unpaired) electrons. The van der Waals surface area contributed by atoms with Crippen molar-refractivity contribution in [3.63, 3.8) is 0 Å². The van der Waals surface area contributed by atoms with Crippen molar-refractivity contribution in [1.29, 1.82) is 5.26 Å². The van der Waals surface area contributed by atoms with Gasteiger partial charge in [-0.2, -0.15) is 5.26 Å². The van der Waals surface area contributed by atoms with Gasteiger partial charge >= 0.3 is 0 Å². The van der Waals surface area contributed by atoms with Gasteiger partial charge in [0.2, 0.25) is 0 Å². The van der Waals surface area contributed by atoms with Gasteiger partial charge in [0.25, 0.3) is 11.8 Å². The van der Waals surface area contributed by atoms with Crippen LogP contribution in [0.1, 0.15) is 11.1 Å². The maximum Gasteiger partial charge on any atom is 0.266 e. The minimum atomic E-state index is -0.561. The molecule has 7 heteroatoms. The lowest BCUT2D eigenvalue weighted by molar-refractivity contribution is -0.118. The van der Waals surface area contributed by atoms with E-state index in [-0.39, 0.29) is 18.1 Å². The fourth-order valence-electron chi connectivity index (χ4n) is 2.80. The number of aryl methyl sites for hydroxylation is 1. The van der Waals surface area contributed by atoms with Crippen molar-refractivity contribution in [3.05, 3.63) is 94.5 Å². The summed E-state index contributed by atoms with van der Waals surface area (Å²) in [5.41, 5.74) is 2.74. The van der Waals surface area contributed by atoms with Crippen molar-refractivity contribution >= 4 is 40.9 Å². The summed E-state index contributed by atoms with van der Waals surface area (Å²) in [5.74, 6) is -0.350. The van der Waals surface area contributed by atoms with E-state index in [2.05, 4.69) is 10.6 Å². The van der Waals surface area contributed by atoms with Crippen LogP contribution in [0.15, 0.2) is 78.4 Å². The molecule has 32 heavy (non-hydrogen) atoms. The van der Waals surface area contributed by atoms with Gasteiger partial charge in [-0.3, -0.25) is 9.59 Å². The first-order valence-electron chi connectivity index (χ1n) is 9.71. The SMILES string of the molecule is Cc1cccc(NC(=O)COc2ccc(/C=C(\C#N)C(=O)Nc3ccccc3Cl)cc2)c1. The maximum atomic E-state index is 12.4. The standard InChI is InChI=1S/C25H20ClN3O3/c1-17-5-4-6-20(13-17)28-24(30)16-32-21-11-9-18(10-12-21)14-19(15-27)25(31)29-23-8-3-2-7-22(23)26/h2-14H,16H2,1H3,(H,28,30)(H,29,31)/b19-14+. The number of hydrogen-bond acceptors (Lipinski definition) is 4. The number of rotatable bonds is 7. The molecule has 3 rings (SSSR count). The van der Waals surface area contributed by atoms with Crippen LogP contribution in [0.5, 0.6) is 5.75 Å². The molecular weight excluding hydrogens is 426 g/mol. The highest BCUT2D eigenvalue weighted by Gasteiger charge is 2.11. The molecule has 0 saturated carbocycles. The number of halogens is 1. The lowest BCUT2D eigenvalue weighted by atomic mass is 10.1. The Labute approximate surface area is 191 Å². The Bertz CT molecular complexity index is 1200. The molecule has 0 aliphatic carbocycles. The van der Waals surface area contributed by atoms with E-state index in [1.54, 1.807) is 54.6 Å². The largest absolute Gasteiger partial charge is 0.484 e. The van der Waals surface area contributed by atoms with Crippen molar-refractivity contribution in [1.82, 2.24) is 0 Å². The van der Waals surface area contributed by atoms with Crippen LogP contribution in [-0.4, -0.2) is 18.4 Å². The molecule has 0 unspecified atom stereocenters. The zero-order chi connectivity index (χ0) is 22.9. The number of benzene rings is 3. The number of nitrogens with zero attached hydrogens (tertiary/aromatic N) is 1. The molecular formula is C25H20ClN3O3. The molecule has 0 spiro atoms. The van der Waals surface area contributed by atoms with Gasteiger partial charge in [-0.25, -0.2) is 0 Å². The van der Waals surface area contributed by atoms with Crippen LogP contribution in [0.2, 0.25) is 5.02 Å². The fraction of sp³-hybridized carbons (Fsp3) is 0.0800. The number of nitriles is 1. The third kappa shape index (κ3) is 6.46. The molecule has 0 aromatic heterocycles. The monoisotopic (exact) mass is 445 g/mol. The summed E-state index contributed by atoms with van der Waals surface area (Å²) in [6.07, 6.45) is 1.46. The topological polar surface area (TPSA) is 91.2 Å². The van der Waals surface area contributed by atoms with E-state index in [1.807, 2.05) is 31.2 Å². The Balaban J connectivity index is 1.58. The van der Waals surface area contributed by atoms with Gasteiger partial charge in [0.1, 0.15) is 17.4 Å². The molecule has 3 aromatic carbocycles. The third-order valence-corrected chi connectivity index (χ3v) is 4.68. The number of ether oxygens (including phenoxy) is 1. The van der Waals surface area contributed by atoms with E-state index >= 15 is 0 Å². The molecule has 2 amide bonds. The van der Waals surface area contributed by atoms with E-state index in [0.29, 0.717) is 27.7 Å². The van der Waals surface area contributed by atoms with Gasteiger partial charge in [0, 0.05) is 5.69 Å². The zero-order valence-corrected chi connectivity index (χ0v) is 18.0. The van der Waals surface area contributed by atoms with E-state index in [0.717, 1.165) is 5.56 Å². The molecule has 0 saturated heterocycles. The number of carbonyl (C=O) groups excluding carboxylic acids is 2. The lowest BCUT2D eigenvalue weighted by Gasteiger charge is -2.08. The second-order valence-electron chi connectivity index (χ2n) is 6.88. The minimum Gasteiger partial charge on any atom is -0.484 e. The molecule has 2 N–H and O–H groups in total. The van der Waals surface area contributed by atoms with Gasteiger partial charge in [0.05, 0.1) is 10.7 Å². The summed E-state index contributed by atoms with van der Waals surface area (Å²) in [4.78, 5) is 24.4. The molecule has 6 nitrogen and oxygen atoms in total. The summed E-state index contributed by atoms with van der Waals surface area (Å²) in [6.45, 7) is 1.80. The highest BCUT2D eigenvalue weighted by atomic mass is 35.5. The van der Waals surface area contributed by atoms with Gasteiger partial charge in [0.15, 0.2) is 6.61 Å². The van der Waals surface area contributed by atoms with Crippen LogP contribution in [0.25, 0.3) is 6.08 Å². The third-order valence-electron chi connectivity index (χ3n) is 4.35. The number of para-hydroxylation sites is 1. The Hall–Kier alpha value is -4.08. The second kappa shape index (κ2) is 10.8. The first kappa shape index (κ1) is 22.6. The maximum absolute atomic E-state index is 12.4. The van der Waals surface area contributed by atoms with E-state index in [1.165, 1.54) is 6.08 Å². The van der Waals surface area contributed by atoms with Crippen molar-refractivity contribution in [2.75, 3.05) is 17.2 Å². The zero-order valence-electron chi connectivity index (χ0n) is 17.3. The van der Waals surface area contributed by atoms with Crippen molar-refractivity contribution < 1.29 is 14.3 Å². The quantitative estimate of drug-likeness (QED) is 0.385. The van der Waals surface area contributed by atoms with Crippen molar-refractivity contribution in [3.8, 4) is 11.8 Å². The normalized spacial score (nSPS) is 10.7. The summed E-state index contributed by atoms with van der Waals surface area (Å²) in [5, 5.41) is 15.1.